The Morgan fingerprint density at radius 1 is 0.717 bits per heavy atom. The molecule has 0 saturated heterocycles. The zero-order chi connectivity index (χ0) is 32.1. The van der Waals surface area contributed by atoms with Crippen LogP contribution >= 0.6 is 0 Å². The number of nitrogens with one attached hydrogen (secondary N) is 2. The van der Waals surface area contributed by atoms with Gasteiger partial charge in [-0.3, -0.25) is 9.52 Å². The Morgan fingerprint density at radius 2 is 1.37 bits per heavy atom. The Bertz CT molecular complexity index is 2090. The number of carboxylic acids is 1. The van der Waals surface area contributed by atoms with Crippen molar-refractivity contribution in [3.05, 3.63) is 156 Å². The fraction of sp³-hybridized carbons (Fsp3) is 0.0811. The molecule has 9 heteroatoms. The van der Waals surface area contributed by atoms with Gasteiger partial charge in [0.2, 0.25) is 0 Å². The first-order chi connectivity index (χ1) is 22.2. The fourth-order valence-electron chi connectivity index (χ4n) is 5.32. The summed E-state index contributed by atoms with van der Waals surface area (Å²) in [4.78, 5) is 24.8. The molecule has 5 aromatic carbocycles. The van der Waals surface area contributed by atoms with Gasteiger partial charge in [0.25, 0.3) is 15.9 Å². The van der Waals surface area contributed by atoms with E-state index in [0.717, 1.165) is 33.2 Å². The molecule has 1 heterocycles. The Labute approximate surface area is 267 Å². The standard InChI is InChI=1S/C37H31N3O5S/c41-36(38-34(37(42)43)23-26-7-3-1-4-8-26)30-13-11-27(12-14-30)25-40-22-21-31-24-32(17-20-35(31)40)39-46(44,45)33-18-15-29(16-19-33)28-9-5-2-6-10-28/h1-22,24,34,39H,23,25H2,(H,38,41)(H,42,43)/t34-/m0/s1. The van der Waals surface area contributed by atoms with Gasteiger partial charge in [-0.15, -0.1) is 0 Å². The minimum atomic E-state index is -3.78. The first kappa shape index (κ1) is 30.4. The SMILES string of the molecule is O=C(N[C@@H](Cc1ccccc1)C(=O)O)c1ccc(Cn2ccc3cc(NS(=O)(=O)c4ccc(-c5ccccc5)cc4)ccc32)cc1. The van der Waals surface area contributed by atoms with Gasteiger partial charge in [0, 0.05) is 41.3 Å². The van der Waals surface area contributed by atoms with Crippen molar-refractivity contribution in [3.63, 3.8) is 0 Å². The van der Waals surface area contributed by atoms with Crippen LogP contribution in [0.15, 0.2) is 145 Å². The maximum absolute atomic E-state index is 13.1. The second-order valence-corrected chi connectivity index (χ2v) is 12.6. The van der Waals surface area contributed by atoms with Gasteiger partial charge in [0.05, 0.1) is 4.90 Å². The Balaban J connectivity index is 1.10. The maximum atomic E-state index is 13.1. The van der Waals surface area contributed by atoms with E-state index in [1.807, 2.05) is 95.7 Å². The summed E-state index contributed by atoms with van der Waals surface area (Å²) in [6.45, 7) is 0.524. The van der Waals surface area contributed by atoms with Crippen LogP contribution in [-0.2, 0) is 27.8 Å². The lowest BCUT2D eigenvalue weighted by Crippen LogP contribution is -2.42. The number of carbonyl (C=O) groups excluding carboxylic acids is 1. The quantitative estimate of drug-likeness (QED) is 0.150. The van der Waals surface area contributed by atoms with Gasteiger partial charge in [-0.2, -0.15) is 0 Å². The van der Waals surface area contributed by atoms with Crippen molar-refractivity contribution >= 4 is 38.5 Å². The molecule has 0 bridgehead atoms. The lowest BCUT2D eigenvalue weighted by Gasteiger charge is -2.15. The molecule has 230 valence electrons. The molecule has 6 rings (SSSR count). The van der Waals surface area contributed by atoms with E-state index < -0.39 is 27.9 Å². The number of aromatic nitrogens is 1. The van der Waals surface area contributed by atoms with Crippen LogP contribution in [0.25, 0.3) is 22.0 Å². The number of anilines is 1. The molecule has 0 aliphatic carbocycles. The van der Waals surface area contributed by atoms with E-state index in [1.54, 1.807) is 48.5 Å². The molecule has 46 heavy (non-hydrogen) atoms. The van der Waals surface area contributed by atoms with Gasteiger partial charge >= 0.3 is 5.97 Å². The van der Waals surface area contributed by atoms with Crippen LogP contribution in [0.4, 0.5) is 5.69 Å². The van der Waals surface area contributed by atoms with Crippen LogP contribution in [0.1, 0.15) is 21.5 Å². The van der Waals surface area contributed by atoms with Gasteiger partial charge in [-0.25, -0.2) is 13.2 Å². The van der Waals surface area contributed by atoms with Crippen molar-refractivity contribution in [1.29, 1.82) is 0 Å². The van der Waals surface area contributed by atoms with Crippen molar-refractivity contribution < 1.29 is 23.1 Å². The molecule has 6 aromatic rings. The number of aliphatic carboxylic acids is 1. The van der Waals surface area contributed by atoms with Crippen molar-refractivity contribution in [2.24, 2.45) is 0 Å². The summed E-state index contributed by atoms with van der Waals surface area (Å²) in [5.74, 6) is -1.55. The first-order valence-electron chi connectivity index (χ1n) is 14.7. The fourth-order valence-corrected chi connectivity index (χ4v) is 6.37. The number of carbonyl (C=O) groups is 2. The van der Waals surface area contributed by atoms with E-state index in [-0.39, 0.29) is 11.3 Å². The average Bonchev–Trinajstić information content (AvgIpc) is 3.47. The normalized spacial score (nSPS) is 12.0. The number of hydrogen-bond acceptors (Lipinski definition) is 4. The highest BCUT2D eigenvalue weighted by Crippen LogP contribution is 2.25. The molecule has 0 unspecified atom stereocenters. The van der Waals surface area contributed by atoms with Gasteiger partial charge in [-0.05, 0) is 70.8 Å². The zero-order valence-corrected chi connectivity index (χ0v) is 25.5. The largest absolute Gasteiger partial charge is 0.480 e. The van der Waals surface area contributed by atoms with E-state index in [2.05, 4.69) is 10.0 Å². The molecule has 0 saturated carbocycles. The molecule has 1 aromatic heterocycles. The van der Waals surface area contributed by atoms with Crippen LogP contribution < -0.4 is 10.0 Å². The molecule has 0 spiro atoms. The molecule has 0 aliphatic rings. The summed E-state index contributed by atoms with van der Waals surface area (Å²) in [5.41, 5.74) is 5.46. The molecule has 8 nitrogen and oxygen atoms in total. The monoisotopic (exact) mass is 629 g/mol. The minimum absolute atomic E-state index is 0.177. The maximum Gasteiger partial charge on any atom is 0.326 e. The third-order valence-corrected chi connectivity index (χ3v) is 9.15. The highest BCUT2D eigenvalue weighted by Gasteiger charge is 2.21. The lowest BCUT2D eigenvalue weighted by atomic mass is 10.1. The number of sulfonamides is 1. The van der Waals surface area contributed by atoms with Gasteiger partial charge in [0.1, 0.15) is 6.04 Å². The third-order valence-electron chi connectivity index (χ3n) is 7.75. The van der Waals surface area contributed by atoms with E-state index in [0.29, 0.717) is 17.8 Å². The number of fused-ring (bicyclic) bond motifs is 1. The first-order valence-corrected chi connectivity index (χ1v) is 16.2. The van der Waals surface area contributed by atoms with Crippen molar-refractivity contribution in [3.8, 4) is 11.1 Å². The van der Waals surface area contributed by atoms with Crippen molar-refractivity contribution in [2.45, 2.75) is 23.9 Å². The van der Waals surface area contributed by atoms with Crippen LogP contribution in [0.5, 0.6) is 0 Å². The Hall–Kier alpha value is -5.67. The van der Waals surface area contributed by atoms with Gasteiger partial charge in [0.15, 0.2) is 0 Å². The van der Waals surface area contributed by atoms with Gasteiger partial charge in [-0.1, -0.05) is 84.9 Å². The highest BCUT2D eigenvalue weighted by atomic mass is 32.2. The number of nitrogens with zero attached hydrogens (tertiary/aromatic N) is 1. The Morgan fingerprint density at radius 3 is 2.04 bits per heavy atom. The number of rotatable bonds is 11. The average molecular weight is 630 g/mol. The molecular weight excluding hydrogens is 598 g/mol. The molecule has 0 aliphatic heterocycles. The summed E-state index contributed by atoms with van der Waals surface area (Å²) in [6.07, 6.45) is 2.11. The lowest BCUT2D eigenvalue weighted by molar-refractivity contribution is -0.139. The van der Waals surface area contributed by atoms with E-state index in [4.69, 9.17) is 0 Å². The third kappa shape index (κ3) is 7.00. The van der Waals surface area contributed by atoms with Crippen molar-refractivity contribution in [2.75, 3.05) is 4.72 Å². The highest BCUT2D eigenvalue weighted by molar-refractivity contribution is 7.92. The second-order valence-electron chi connectivity index (χ2n) is 11.0. The van der Waals surface area contributed by atoms with Crippen LogP contribution in [0.3, 0.4) is 0 Å². The number of amides is 1. The predicted molar refractivity (Wildman–Crippen MR) is 179 cm³/mol. The number of hydrogen-bond donors (Lipinski definition) is 3. The second kappa shape index (κ2) is 13.1. The molecule has 0 radical (unpaired) electrons. The molecular formula is C37H31N3O5S. The predicted octanol–water partition coefficient (Wildman–Crippen LogP) is 6.58. The van der Waals surface area contributed by atoms with Crippen LogP contribution in [0.2, 0.25) is 0 Å². The summed E-state index contributed by atoms with van der Waals surface area (Å²) < 4.78 is 30.9. The summed E-state index contributed by atoms with van der Waals surface area (Å²) in [7, 11) is -3.78. The zero-order valence-electron chi connectivity index (χ0n) is 24.7. The number of carboxylic acid groups (broad SMARTS) is 1. The summed E-state index contributed by atoms with van der Waals surface area (Å²) in [6, 6.07) is 39.0. The number of benzene rings is 5. The Kier molecular flexibility index (Phi) is 8.67. The van der Waals surface area contributed by atoms with E-state index >= 15 is 0 Å². The van der Waals surface area contributed by atoms with Crippen molar-refractivity contribution in [1.82, 2.24) is 9.88 Å². The van der Waals surface area contributed by atoms with E-state index in [9.17, 15) is 23.1 Å². The van der Waals surface area contributed by atoms with Crippen LogP contribution in [0, 0.1) is 0 Å². The summed E-state index contributed by atoms with van der Waals surface area (Å²) in [5, 5.41) is 13.1. The molecule has 1 atom stereocenters. The van der Waals surface area contributed by atoms with Crippen LogP contribution in [-0.4, -0.2) is 36.0 Å². The molecule has 3 N–H and O–H groups in total. The molecule has 0 fully saturated rings. The smallest absolute Gasteiger partial charge is 0.326 e. The van der Waals surface area contributed by atoms with E-state index in [1.165, 1.54) is 0 Å². The van der Waals surface area contributed by atoms with Gasteiger partial charge < -0.3 is 15.0 Å². The summed E-state index contributed by atoms with van der Waals surface area (Å²) >= 11 is 0. The topological polar surface area (TPSA) is 118 Å². The minimum Gasteiger partial charge on any atom is -0.480 e. The molecule has 1 amide bonds.